The number of benzene rings is 1. The lowest BCUT2D eigenvalue weighted by Gasteiger charge is -2.22. The third-order valence-electron chi connectivity index (χ3n) is 2.54. The van der Waals surface area contributed by atoms with Crippen LogP contribution in [0, 0.1) is 0 Å². The number of hydrogen-bond donors (Lipinski definition) is 1. The molecule has 1 N–H and O–H groups in total. The monoisotopic (exact) mass is 201 g/mol. The van der Waals surface area contributed by atoms with Gasteiger partial charge in [-0.15, -0.1) is 0 Å². The summed E-state index contributed by atoms with van der Waals surface area (Å²) in [5.74, 6) is 1.58. The highest BCUT2D eigenvalue weighted by Crippen LogP contribution is 2.21. The molecule has 76 valence electrons. The molecule has 0 bridgehead atoms. The predicted molar refractivity (Wildman–Crippen MR) is 56.0 cm³/mol. The molecule has 1 unspecified atom stereocenters. The Morgan fingerprint density at radius 1 is 1.27 bits per heavy atom. The minimum atomic E-state index is -0.378. The van der Waals surface area contributed by atoms with E-state index in [9.17, 15) is 9.59 Å². The summed E-state index contributed by atoms with van der Waals surface area (Å²) in [6, 6.07) is 9.03. The van der Waals surface area contributed by atoms with Crippen LogP contribution in [0.4, 0.5) is 0 Å². The lowest BCUT2D eigenvalue weighted by atomic mass is 9.93. The fraction of sp³-hybridized carbons (Fsp3) is 0.250. The summed E-state index contributed by atoms with van der Waals surface area (Å²) in [6.45, 7) is 0.649. The molecule has 0 amide bonds. The first-order valence-electron chi connectivity index (χ1n) is 4.89. The van der Waals surface area contributed by atoms with E-state index in [2.05, 4.69) is 5.32 Å². The molecule has 15 heavy (non-hydrogen) atoms. The van der Waals surface area contributed by atoms with E-state index in [1.807, 2.05) is 30.3 Å². The van der Waals surface area contributed by atoms with Gasteiger partial charge in [0.15, 0.2) is 5.78 Å². The highest BCUT2D eigenvalue weighted by Gasteiger charge is 2.27. The molecule has 1 heterocycles. The van der Waals surface area contributed by atoms with Crippen LogP contribution in [0.2, 0.25) is 0 Å². The molecule has 1 fully saturated rings. The average Bonchev–Trinajstić information content (AvgIpc) is 2.30. The molecular formula is C12H11NO2. The Balaban J connectivity index is 2.31. The molecule has 0 spiro atoms. The Hall–Kier alpha value is -1.70. The van der Waals surface area contributed by atoms with Crippen molar-refractivity contribution in [3.05, 3.63) is 41.5 Å². The first-order chi connectivity index (χ1) is 7.33. The molecule has 1 aromatic carbocycles. The summed E-state index contributed by atoms with van der Waals surface area (Å²) < 4.78 is 0. The van der Waals surface area contributed by atoms with E-state index in [0.29, 0.717) is 13.0 Å². The zero-order valence-corrected chi connectivity index (χ0v) is 8.19. The third-order valence-corrected chi connectivity index (χ3v) is 2.54. The van der Waals surface area contributed by atoms with Crippen LogP contribution in [0.25, 0.3) is 0 Å². The Morgan fingerprint density at radius 3 is 2.67 bits per heavy atom. The molecule has 1 saturated heterocycles. The van der Waals surface area contributed by atoms with Crippen LogP contribution in [-0.4, -0.2) is 18.3 Å². The molecule has 2 rings (SSSR count). The van der Waals surface area contributed by atoms with Crippen LogP contribution in [0.15, 0.2) is 35.9 Å². The minimum absolute atomic E-state index is 0.151. The van der Waals surface area contributed by atoms with Crippen molar-refractivity contribution < 1.29 is 9.59 Å². The fourth-order valence-electron chi connectivity index (χ4n) is 1.75. The second kappa shape index (κ2) is 4.22. The zero-order valence-electron chi connectivity index (χ0n) is 8.19. The Bertz CT molecular complexity index is 419. The SMILES string of the molecule is O=C=C1CCNC(c2ccccc2)C1=O. The Morgan fingerprint density at radius 2 is 2.00 bits per heavy atom. The van der Waals surface area contributed by atoms with Gasteiger partial charge in [-0.1, -0.05) is 30.3 Å². The van der Waals surface area contributed by atoms with Crippen LogP contribution in [0.3, 0.4) is 0 Å². The second-order valence-corrected chi connectivity index (χ2v) is 3.49. The van der Waals surface area contributed by atoms with Crippen molar-refractivity contribution in [3.63, 3.8) is 0 Å². The number of ketones is 1. The van der Waals surface area contributed by atoms with Crippen LogP contribution in [-0.2, 0) is 9.59 Å². The van der Waals surface area contributed by atoms with E-state index in [-0.39, 0.29) is 17.4 Å². The molecule has 3 nitrogen and oxygen atoms in total. The predicted octanol–water partition coefficient (Wildman–Crippen LogP) is 1.05. The highest BCUT2D eigenvalue weighted by atomic mass is 16.1. The fourth-order valence-corrected chi connectivity index (χ4v) is 1.75. The molecular weight excluding hydrogens is 190 g/mol. The number of hydrogen-bond acceptors (Lipinski definition) is 3. The first-order valence-corrected chi connectivity index (χ1v) is 4.89. The van der Waals surface area contributed by atoms with Crippen molar-refractivity contribution >= 4 is 11.7 Å². The van der Waals surface area contributed by atoms with Crippen LogP contribution >= 0.6 is 0 Å². The molecule has 0 aromatic heterocycles. The van der Waals surface area contributed by atoms with Gasteiger partial charge in [-0.2, -0.15) is 0 Å². The van der Waals surface area contributed by atoms with Crippen molar-refractivity contribution in [2.75, 3.05) is 6.54 Å². The van der Waals surface area contributed by atoms with Gasteiger partial charge in [-0.25, -0.2) is 4.79 Å². The molecule has 0 aliphatic carbocycles. The third kappa shape index (κ3) is 1.89. The summed E-state index contributed by atoms with van der Waals surface area (Å²) in [5.41, 5.74) is 1.16. The van der Waals surface area contributed by atoms with Crippen LogP contribution in [0.5, 0.6) is 0 Å². The quantitative estimate of drug-likeness (QED) is 0.545. The van der Waals surface area contributed by atoms with Gasteiger partial charge in [0.25, 0.3) is 0 Å². The van der Waals surface area contributed by atoms with E-state index in [1.54, 1.807) is 5.94 Å². The standard InChI is InChI=1S/C12H11NO2/c14-8-10-6-7-13-11(12(10)15)9-4-2-1-3-5-9/h1-5,11,13H,6-7H2. The van der Waals surface area contributed by atoms with Gasteiger partial charge < -0.3 is 5.32 Å². The normalized spacial score (nSPS) is 21.2. The van der Waals surface area contributed by atoms with Crippen LogP contribution in [0.1, 0.15) is 18.0 Å². The van der Waals surface area contributed by atoms with Crippen molar-refractivity contribution in [2.24, 2.45) is 0 Å². The summed E-state index contributed by atoms with van der Waals surface area (Å²) >= 11 is 0. The number of carbonyl (C=O) groups excluding carboxylic acids is 2. The minimum Gasteiger partial charge on any atom is -0.303 e. The number of carbonyl (C=O) groups is 1. The van der Waals surface area contributed by atoms with E-state index in [1.165, 1.54) is 0 Å². The van der Waals surface area contributed by atoms with Gasteiger partial charge in [0, 0.05) is 6.54 Å². The number of Topliss-reactive ketones (excluding diaryl/α,β-unsaturated/α-hetero) is 1. The maximum Gasteiger partial charge on any atom is 0.191 e. The molecule has 0 saturated carbocycles. The summed E-state index contributed by atoms with van der Waals surface area (Å²) in [6.07, 6.45) is 0.478. The molecule has 1 aliphatic rings. The topological polar surface area (TPSA) is 46.2 Å². The largest absolute Gasteiger partial charge is 0.303 e. The zero-order chi connectivity index (χ0) is 10.7. The van der Waals surface area contributed by atoms with Crippen LogP contribution < -0.4 is 5.32 Å². The molecule has 1 atom stereocenters. The average molecular weight is 201 g/mol. The van der Waals surface area contributed by atoms with Crippen molar-refractivity contribution in [1.82, 2.24) is 5.32 Å². The lowest BCUT2D eigenvalue weighted by Crippen LogP contribution is -2.36. The van der Waals surface area contributed by atoms with Gasteiger partial charge in [0.05, 0.1) is 11.6 Å². The second-order valence-electron chi connectivity index (χ2n) is 3.49. The van der Waals surface area contributed by atoms with Gasteiger partial charge in [0.2, 0.25) is 0 Å². The van der Waals surface area contributed by atoms with Crippen molar-refractivity contribution in [3.8, 4) is 0 Å². The number of nitrogens with one attached hydrogen (secondary N) is 1. The van der Waals surface area contributed by atoms with Gasteiger partial charge in [0.1, 0.15) is 5.94 Å². The summed E-state index contributed by atoms with van der Waals surface area (Å²) in [7, 11) is 0. The van der Waals surface area contributed by atoms with Crippen molar-refractivity contribution in [2.45, 2.75) is 12.5 Å². The van der Waals surface area contributed by atoms with E-state index in [0.717, 1.165) is 5.56 Å². The molecule has 1 aromatic rings. The van der Waals surface area contributed by atoms with E-state index >= 15 is 0 Å². The number of piperidine rings is 1. The maximum atomic E-state index is 11.8. The van der Waals surface area contributed by atoms with E-state index < -0.39 is 0 Å². The van der Waals surface area contributed by atoms with Crippen molar-refractivity contribution in [1.29, 1.82) is 0 Å². The Labute approximate surface area is 87.8 Å². The Kier molecular flexibility index (Phi) is 2.77. The summed E-state index contributed by atoms with van der Waals surface area (Å²) in [4.78, 5) is 22.3. The summed E-state index contributed by atoms with van der Waals surface area (Å²) in [5, 5.41) is 3.10. The lowest BCUT2D eigenvalue weighted by molar-refractivity contribution is -0.118. The molecule has 3 heteroatoms. The number of rotatable bonds is 1. The highest BCUT2D eigenvalue weighted by molar-refractivity contribution is 6.06. The van der Waals surface area contributed by atoms with Gasteiger partial charge in [-0.05, 0) is 12.0 Å². The smallest absolute Gasteiger partial charge is 0.191 e. The van der Waals surface area contributed by atoms with Gasteiger partial charge in [-0.3, -0.25) is 4.79 Å². The van der Waals surface area contributed by atoms with E-state index in [4.69, 9.17) is 0 Å². The maximum absolute atomic E-state index is 11.8. The molecule has 0 radical (unpaired) electrons. The van der Waals surface area contributed by atoms with Gasteiger partial charge >= 0.3 is 0 Å². The first kappa shape index (κ1) is 9.84. The molecule has 1 aliphatic heterocycles.